The van der Waals surface area contributed by atoms with Gasteiger partial charge in [0.1, 0.15) is 19.5 Å². The highest BCUT2D eigenvalue weighted by Gasteiger charge is 2.39. The Morgan fingerprint density at radius 1 is 1.00 bits per heavy atom. The zero-order chi connectivity index (χ0) is 44.5. The number of allylic oxidation sites excluding steroid dienone is 3. The molecule has 3 aliphatic rings. The fourth-order valence-corrected chi connectivity index (χ4v) is 8.64. The van der Waals surface area contributed by atoms with Gasteiger partial charge in [-0.05, 0) is 80.2 Å². The van der Waals surface area contributed by atoms with Gasteiger partial charge in [0.15, 0.2) is 0 Å². The first kappa shape index (κ1) is 45.4. The van der Waals surface area contributed by atoms with Gasteiger partial charge >= 0.3 is 0 Å². The smallest absolute Gasteiger partial charge is 0.259 e. The quantitative estimate of drug-likeness (QED) is 0.0541. The summed E-state index contributed by atoms with van der Waals surface area (Å²) in [6.07, 6.45) is 12.1. The lowest BCUT2D eigenvalue weighted by Gasteiger charge is -2.35. The molecule has 3 aromatic rings. The number of fused-ring (bicyclic) bond motifs is 2. The molecule has 1 unspecified atom stereocenters. The molecule has 3 N–H and O–H groups in total. The van der Waals surface area contributed by atoms with Crippen molar-refractivity contribution in [2.75, 3.05) is 68.4 Å². The number of nitrogens with one attached hydrogen (secondary N) is 3. The normalized spacial score (nSPS) is 16.7. The van der Waals surface area contributed by atoms with E-state index in [2.05, 4.69) is 53.7 Å². The highest BCUT2D eigenvalue weighted by Crippen LogP contribution is 2.41. The van der Waals surface area contributed by atoms with Crippen molar-refractivity contribution in [1.82, 2.24) is 30.0 Å². The van der Waals surface area contributed by atoms with Gasteiger partial charge < -0.3 is 30.7 Å². The van der Waals surface area contributed by atoms with Crippen molar-refractivity contribution in [3.05, 3.63) is 109 Å². The van der Waals surface area contributed by atoms with Crippen LogP contribution < -0.4 is 26.3 Å². The molecule has 14 heteroatoms. The van der Waals surface area contributed by atoms with Crippen molar-refractivity contribution in [2.45, 2.75) is 70.8 Å². The first-order valence-corrected chi connectivity index (χ1v) is 21.8. The van der Waals surface area contributed by atoms with Crippen LogP contribution in [0.4, 0.5) is 21.8 Å². The predicted octanol–water partition coefficient (Wildman–Crippen LogP) is 6.45. The number of amides is 3. The Balaban J connectivity index is 0.938. The minimum absolute atomic E-state index is 0.0353. The molecule has 0 aliphatic carbocycles. The third kappa shape index (κ3) is 10.3. The third-order valence-corrected chi connectivity index (χ3v) is 12.2. The Labute approximate surface area is 366 Å². The Morgan fingerprint density at radius 3 is 2.44 bits per heavy atom. The second kappa shape index (κ2) is 20.6. The first-order valence-electron chi connectivity index (χ1n) is 21.8. The number of unbranched alkanes of at least 4 members (excludes halogenated alkanes) is 5. The van der Waals surface area contributed by atoms with E-state index in [0.717, 1.165) is 108 Å². The van der Waals surface area contributed by atoms with Gasteiger partial charge in [0.2, 0.25) is 17.8 Å². The molecule has 3 aliphatic heterocycles. The highest BCUT2D eigenvalue weighted by molar-refractivity contribution is 6.40. The number of hydrogen-bond donors (Lipinski definition) is 3. The maximum absolute atomic E-state index is 14.4. The number of carbonyl (C=O) groups is 3. The van der Waals surface area contributed by atoms with Gasteiger partial charge in [0.25, 0.3) is 5.91 Å². The predicted molar refractivity (Wildman–Crippen MR) is 254 cm³/mol. The Morgan fingerprint density at radius 2 is 1.73 bits per heavy atom. The fraction of sp³-hybridized carbons (Fsp3) is 0.396. The van der Waals surface area contributed by atoms with E-state index < -0.39 is 5.83 Å². The van der Waals surface area contributed by atoms with E-state index >= 15 is 0 Å². The second-order valence-corrected chi connectivity index (χ2v) is 16.4. The van der Waals surface area contributed by atoms with Crippen LogP contribution in [0, 0.1) is 6.92 Å². The number of nitrogens with zero attached hydrogens (tertiary/aromatic N) is 6. The van der Waals surface area contributed by atoms with Crippen LogP contribution in [0.3, 0.4) is 0 Å². The molecule has 3 amide bonds. The van der Waals surface area contributed by atoms with Crippen molar-refractivity contribution in [3.63, 3.8) is 0 Å². The molecule has 2 fully saturated rings. The molecular formula is C48H61BFN9O3. The van der Waals surface area contributed by atoms with Gasteiger partial charge in [0.05, 0.1) is 17.1 Å². The first-order chi connectivity index (χ1) is 29.8. The highest BCUT2D eigenvalue weighted by atomic mass is 19.1. The number of carbonyl (C=O) groups excluding carboxylic acids is 3. The molecule has 0 spiro atoms. The lowest BCUT2D eigenvalue weighted by Crippen LogP contribution is -2.48. The summed E-state index contributed by atoms with van der Waals surface area (Å²) in [6.45, 7) is 25.7. The molecule has 0 radical (unpaired) electrons. The summed E-state index contributed by atoms with van der Waals surface area (Å²) < 4.78 is 14.4. The van der Waals surface area contributed by atoms with Crippen LogP contribution in [-0.4, -0.2) is 109 Å². The molecule has 4 heterocycles. The summed E-state index contributed by atoms with van der Waals surface area (Å²) in [7, 11) is 3.77. The number of aryl methyl sites for hydroxylation is 1. The zero-order valence-corrected chi connectivity index (χ0v) is 36.8. The molecule has 6 rings (SSSR count). The summed E-state index contributed by atoms with van der Waals surface area (Å²) in [4.78, 5) is 56.1. The third-order valence-electron chi connectivity index (χ3n) is 12.2. The number of hydrogen-bond acceptors (Lipinski definition) is 9. The minimum atomic E-state index is -0.433. The van der Waals surface area contributed by atoms with Gasteiger partial charge in [-0.3, -0.25) is 19.3 Å². The lowest BCUT2D eigenvalue weighted by atomic mass is 9.85. The van der Waals surface area contributed by atoms with E-state index in [4.69, 9.17) is 9.97 Å². The maximum Gasteiger partial charge on any atom is 0.259 e. The van der Waals surface area contributed by atoms with Gasteiger partial charge in [-0.15, -0.1) is 0 Å². The summed E-state index contributed by atoms with van der Waals surface area (Å²) in [5.74, 6) is 0.597. The number of piperazine rings is 1. The Hall–Kier alpha value is -6.18. The van der Waals surface area contributed by atoms with E-state index in [-0.39, 0.29) is 30.2 Å². The Bertz CT molecular complexity index is 2300. The van der Waals surface area contributed by atoms with Gasteiger partial charge in [0, 0.05) is 93.0 Å². The minimum Gasteiger partial charge on any atom is -0.384 e. The number of anilines is 3. The van der Waals surface area contributed by atoms with Crippen LogP contribution in [0.5, 0.6) is 0 Å². The van der Waals surface area contributed by atoms with E-state index in [1.54, 1.807) is 14.7 Å². The van der Waals surface area contributed by atoms with Crippen molar-refractivity contribution >= 4 is 71.2 Å². The average molecular weight is 842 g/mol. The van der Waals surface area contributed by atoms with Crippen molar-refractivity contribution in [2.24, 2.45) is 0 Å². The SMILES string of the molecule is Bc1c(/C=C(\F)C=C)c(C)cc2c(N3CCN(C(=O)C=C)CC3)nc(NCCC(=O)N(C)CCCCCCCCNc3cccc4c3C(=C)N(C3CCC(=C)NC3=C)C4=O)nc12. The number of piperidine rings is 1. The monoisotopic (exact) mass is 841 g/mol. The maximum atomic E-state index is 14.4. The summed E-state index contributed by atoms with van der Waals surface area (Å²) in [5.41, 5.74) is 8.02. The molecule has 326 valence electrons. The van der Waals surface area contributed by atoms with E-state index in [1.807, 2.05) is 46.1 Å². The number of rotatable bonds is 19. The van der Waals surface area contributed by atoms with E-state index in [1.165, 1.54) is 18.2 Å². The largest absolute Gasteiger partial charge is 0.384 e. The molecule has 62 heavy (non-hydrogen) atoms. The van der Waals surface area contributed by atoms with Crippen LogP contribution in [0.1, 0.15) is 84.8 Å². The summed E-state index contributed by atoms with van der Waals surface area (Å²) in [5, 5.41) is 10.9. The van der Waals surface area contributed by atoms with Crippen molar-refractivity contribution in [1.29, 1.82) is 0 Å². The molecule has 1 atom stereocenters. The van der Waals surface area contributed by atoms with Gasteiger partial charge in [-0.1, -0.05) is 70.1 Å². The fourth-order valence-electron chi connectivity index (χ4n) is 8.64. The van der Waals surface area contributed by atoms with Crippen molar-refractivity contribution < 1.29 is 18.8 Å². The topological polar surface area (TPSA) is 126 Å². The van der Waals surface area contributed by atoms with Crippen LogP contribution in [0.15, 0.2) is 86.5 Å². The molecule has 2 aromatic carbocycles. The number of benzene rings is 2. The van der Waals surface area contributed by atoms with E-state index in [0.29, 0.717) is 62.0 Å². The zero-order valence-electron chi connectivity index (χ0n) is 36.8. The molecule has 0 bridgehead atoms. The lowest BCUT2D eigenvalue weighted by molar-refractivity contribution is -0.129. The van der Waals surface area contributed by atoms with Gasteiger partial charge in [-0.2, -0.15) is 4.98 Å². The van der Waals surface area contributed by atoms with Crippen LogP contribution in [0.25, 0.3) is 22.7 Å². The molecular weight excluding hydrogens is 780 g/mol. The standard InChI is InChI=1S/C48H61BFN9O3/c1-8-35(50)30-37-31(3)29-38-45(44(37)49)54-48(55-46(38)58-27-25-57(26-28-58)41(60)9-2)52-23-21-42(61)56(7)24-15-13-11-10-12-14-22-51-39-18-16-17-36-43(39)34(6)59(47(36)62)40-20-19-32(4)53-33(40)5/h8-9,16-18,29-30,40,51,53H,1-2,4-6,10-15,19-28,49H2,3,7H3,(H,52,54,55)/b35-30-. The van der Waals surface area contributed by atoms with Crippen LogP contribution in [-0.2, 0) is 9.59 Å². The summed E-state index contributed by atoms with van der Waals surface area (Å²) in [6, 6.07) is 7.65. The summed E-state index contributed by atoms with van der Waals surface area (Å²) >= 11 is 0. The van der Waals surface area contributed by atoms with Crippen LogP contribution >= 0.6 is 0 Å². The number of aromatic nitrogens is 2. The van der Waals surface area contributed by atoms with Gasteiger partial charge in [-0.25, -0.2) is 9.37 Å². The molecule has 0 saturated carbocycles. The Kier molecular flexibility index (Phi) is 15.1. The number of halogens is 1. The van der Waals surface area contributed by atoms with E-state index in [9.17, 15) is 18.8 Å². The molecule has 1 aromatic heterocycles. The molecule has 12 nitrogen and oxygen atoms in total. The van der Waals surface area contributed by atoms with Crippen LogP contribution in [0.2, 0.25) is 0 Å². The van der Waals surface area contributed by atoms with Crippen molar-refractivity contribution in [3.8, 4) is 0 Å². The second-order valence-electron chi connectivity index (χ2n) is 16.4. The molecule has 2 saturated heterocycles. The average Bonchev–Trinajstić information content (AvgIpc) is 3.52.